The van der Waals surface area contributed by atoms with Crippen LogP contribution in [-0.4, -0.2) is 38.0 Å². The molecule has 2 N–H and O–H groups in total. The van der Waals surface area contributed by atoms with Gasteiger partial charge < -0.3 is 10.4 Å². The van der Waals surface area contributed by atoms with Crippen molar-refractivity contribution in [2.24, 2.45) is 5.92 Å². The van der Waals surface area contributed by atoms with Gasteiger partial charge >= 0.3 is 5.97 Å². The molecule has 1 amide bonds. The smallest absolute Gasteiger partial charge is 0.326 e. The third-order valence-electron chi connectivity index (χ3n) is 3.65. The third-order valence-corrected chi connectivity index (χ3v) is 3.65. The first-order chi connectivity index (χ1) is 11.0. The lowest BCUT2D eigenvalue weighted by Gasteiger charge is -2.11. The molecule has 8 heteroatoms. The quantitative estimate of drug-likeness (QED) is 0.830. The number of amides is 1. The molecule has 3 rings (SSSR count). The van der Waals surface area contributed by atoms with Crippen molar-refractivity contribution in [3.63, 3.8) is 0 Å². The molecule has 1 aromatic heterocycles. The van der Waals surface area contributed by atoms with Crippen molar-refractivity contribution in [1.82, 2.24) is 20.3 Å². The number of hydrogen-bond donors (Lipinski definition) is 2. The summed E-state index contributed by atoms with van der Waals surface area (Å²) in [4.78, 5) is 23.2. The number of halogens is 1. The van der Waals surface area contributed by atoms with Crippen molar-refractivity contribution in [2.75, 3.05) is 0 Å². The second-order valence-electron chi connectivity index (χ2n) is 5.56. The average Bonchev–Trinajstić information content (AvgIpc) is 3.23. The highest BCUT2D eigenvalue weighted by atomic mass is 19.1. The van der Waals surface area contributed by atoms with E-state index in [1.54, 1.807) is 12.1 Å². The molecule has 1 unspecified atom stereocenters. The van der Waals surface area contributed by atoms with Crippen LogP contribution < -0.4 is 5.32 Å². The average molecular weight is 318 g/mol. The van der Waals surface area contributed by atoms with E-state index >= 15 is 0 Å². The third kappa shape index (κ3) is 3.71. The molecule has 23 heavy (non-hydrogen) atoms. The number of carboxylic acids is 1. The van der Waals surface area contributed by atoms with Gasteiger partial charge in [0.05, 0.1) is 12.7 Å². The Morgan fingerprint density at radius 1 is 1.43 bits per heavy atom. The SMILES string of the molecule is O=C(NC(C(=O)O)C1CC1)c1cn(Cc2cccc(F)c2)nn1. The maximum atomic E-state index is 13.1. The van der Waals surface area contributed by atoms with Crippen LogP contribution in [-0.2, 0) is 11.3 Å². The zero-order valence-corrected chi connectivity index (χ0v) is 12.1. The zero-order chi connectivity index (χ0) is 16.4. The topological polar surface area (TPSA) is 97.1 Å². The Labute approximate surface area is 131 Å². The van der Waals surface area contributed by atoms with Gasteiger partial charge in [0.1, 0.15) is 11.9 Å². The molecule has 120 valence electrons. The highest BCUT2D eigenvalue weighted by Crippen LogP contribution is 2.32. The Kier molecular flexibility index (Phi) is 4.05. The molecule has 1 saturated carbocycles. The number of aliphatic carboxylic acids is 1. The molecular weight excluding hydrogens is 303 g/mol. The first-order valence-electron chi connectivity index (χ1n) is 7.21. The van der Waals surface area contributed by atoms with Crippen LogP contribution in [0.4, 0.5) is 4.39 Å². The molecule has 1 aromatic carbocycles. The van der Waals surface area contributed by atoms with Gasteiger partial charge in [-0.3, -0.25) is 4.79 Å². The summed E-state index contributed by atoms with van der Waals surface area (Å²) in [6.45, 7) is 0.267. The molecule has 7 nitrogen and oxygen atoms in total. The number of carbonyl (C=O) groups is 2. The second-order valence-corrected chi connectivity index (χ2v) is 5.56. The molecule has 1 fully saturated rings. The summed E-state index contributed by atoms with van der Waals surface area (Å²) in [7, 11) is 0. The number of aromatic nitrogens is 3. The minimum atomic E-state index is -1.05. The number of rotatable bonds is 6. The predicted molar refractivity (Wildman–Crippen MR) is 77.1 cm³/mol. The van der Waals surface area contributed by atoms with Gasteiger partial charge in [0.25, 0.3) is 5.91 Å². The molecule has 0 aliphatic heterocycles. The summed E-state index contributed by atoms with van der Waals surface area (Å²) in [6, 6.07) is 5.14. The number of nitrogens with one attached hydrogen (secondary N) is 1. The van der Waals surface area contributed by atoms with Gasteiger partial charge in [-0.25, -0.2) is 13.9 Å². The van der Waals surface area contributed by atoms with Crippen molar-refractivity contribution in [1.29, 1.82) is 0 Å². The second kappa shape index (κ2) is 6.15. The highest BCUT2D eigenvalue weighted by Gasteiger charge is 2.37. The molecule has 2 aromatic rings. The van der Waals surface area contributed by atoms with Crippen LogP contribution in [0.1, 0.15) is 28.9 Å². The summed E-state index contributed by atoms with van der Waals surface area (Å²) >= 11 is 0. The zero-order valence-electron chi connectivity index (χ0n) is 12.1. The maximum absolute atomic E-state index is 13.1. The van der Waals surface area contributed by atoms with E-state index in [4.69, 9.17) is 5.11 Å². The Hall–Kier alpha value is -2.77. The molecule has 0 saturated heterocycles. The van der Waals surface area contributed by atoms with Crippen LogP contribution in [0.5, 0.6) is 0 Å². The van der Waals surface area contributed by atoms with Crippen LogP contribution in [0, 0.1) is 11.7 Å². The van der Waals surface area contributed by atoms with Gasteiger partial charge in [-0.05, 0) is 36.5 Å². The molecule has 1 atom stereocenters. The normalized spacial score (nSPS) is 15.2. The van der Waals surface area contributed by atoms with E-state index in [1.807, 2.05) is 0 Å². The van der Waals surface area contributed by atoms with Crippen LogP contribution in [0.15, 0.2) is 30.5 Å². The van der Waals surface area contributed by atoms with E-state index in [9.17, 15) is 14.0 Å². The summed E-state index contributed by atoms with van der Waals surface area (Å²) in [5.74, 6) is -1.99. The van der Waals surface area contributed by atoms with Crippen LogP contribution in [0.3, 0.4) is 0 Å². The summed E-state index contributed by atoms with van der Waals surface area (Å²) in [6.07, 6.45) is 3.00. The van der Waals surface area contributed by atoms with E-state index in [2.05, 4.69) is 15.6 Å². The minimum Gasteiger partial charge on any atom is -0.480 e. The fraction of sp³-hybridized carbons (Fsp3) is 0.333. The largest absolute Gasteiger partial charge is 0.480 e. The van der Waals surface area contributed by atoms with E-state index in [1.165, 1.54) is 23.0 Å². The van der Waals surface area contributed by atoms with E-state index < -0.39 is 17.9 Å². The Morgan fingerprint density at radius 2 is 2.22 bits per heavy atom. The predicted octanol–water partition coefficient (Wildman–Crippen LogP) is 1.06. The van der Waals surface area contributed by atoms with Crippen molar-refractivity contribution >= 4 is 11.9 Å². The van der Waals surface area contributed by atoms with Crippen molar-refractivity contribution in [3.05, 3.63) is 47.5 Å². The summed E-state index contributed by atoms with van der Waals surface area (Å²) in [5.41, 5.74) is 0.719. The number of nitrogens with zero attached hydrogens (tertiary/aromatic N) is 3. The Bertz CT molecular complexity index is 742. The van der Waals surface area contributed by atoms with E-state index in [0.717, 1.165) is 12.8 Å². The standard InChI is InChI=1S/C15H15FN4O3/c16-11-3-1-2-9(6-11)7-20-8-12(18-19-20)14(21)17-13(15(22)23)10-4-5-10/h1-3,6,8,10,13H,4-5,7H2,(H,17,21)(H,22,23). The van der Waals surface area contributed by atoms with Crippen molar-refractivity contribution in [2.45, 2.75) is 25.4 Å². The van der Waals surface area contributed by atoms with Crippen molar-refractivity contribution in [3.8, 4) is 0 Å². The molecular formula is C15H15FN4O3. The van der Waals surface area contributed by atoms with E-state index in [-0.39, 0.29) is 24.0 Å². The van der Waals surface area contributed by atoms with Gasteiger partial charge in [0.15, 0.2) is 5.69 Å². The first-order valence-corrected chi connectivity index (χ1v) is 7.21. The molecule has 1 aliphatic rings. The Morgan fingerprint density at radius 3 is 2.87 bits per heavy atom. The fourth-order valence-corrected chi connectivity index (χ4v) is 2.33. The van der Waals surface area contributed by atoms with Crippen molar-refractivity contribution < 1.29 is 19.1 Å². The van der Waals surface area contributed by atoms with Gasteiger partial charge in [0, 0.05) is 0 Å². The molecule has 1 aliphatic carbocycles. The first kappa shape index (κ1) is 15.1. The monoisotopic (exact) mass is 318 g/mol. The van der Waals surface area contributed by atoms with Crippen LogP contribution >= 0.6 is 0 Å². The number of hydrogen-bond acceptors (Lipinski definition) is 4. The molecule has 1 heterocycles. The number of benzene rings is 1. The van der Waals surface area contributed by atoms with Gasteiger partial charge in [-0.1, -0.05) is 17.3 Å². The fourth-order valence-electron chi connectivity index (χ4n) is 2.33. The molecule has 0 bridgehead atoms. The minimum absolute atomic E-state index is 0.0150. The highest BCUT2D eigenvalue weighted by molar-refractivity contribution is 5.94. The van der Waals surface area contributed by atoms with Crippen LogP contribution in [0.25, 0.3) is 0 Å². The Balaban J connectivity index is 1.66. The van der Waals surface area contributed by atoms with Crippen LogP contribution in [0.2, 0.25) is 0 Å². The van der Waals surface area contributed by atoms with E-state index in [0.29, 0.717) is 5.56 Å². The van der Waals surface area contributed by atoms with Gasteiger partial charge in [-0.15, -0.1) is 5.10 Å². The number of carbonyl (C=O) groups excluding carboxylic acids is 1. The number of carboxylic acid groups (broad SMARTS) is 1. The summed E-state index contributed by atoms with van der Waals surface area (Å²) < 4.78 is 14.5. The van der Waals surface area contributed by atoms with Gasteiger partial charge in [-0.2, -0.15) is 0 Å². The maximum Gasteiger partial charge on any atom is 0.326 e. The lowest BCUT2D eigenvalue weighted by Crippen LogP contribution is -2.42. The summed E-state index contributed by atoms with van der Waals surface area (Å²) in [5, 5.41) is 19.1. The lowest BCUT2D eigenvalue weighted by molar-refractivity contribution is -0.139. The van der Waals surface area contributed by atoms with Gasteiger partial charge in [0.2, 0.25) is 0 Å². The molecule has 0 spiro atoms. The lowest BCUT2D eigenvalue weighted by atomic mass is 10.2. The molecule has 0 radical (unpaired) electrons.